The molecule has 2 N–H and O–H groups in total. The largest absolute Gasteiger partial charge is 0.463 e. The molecule has 3 aromatic heterocycles. The fourth-order valence-corrected chi connectivity index (χ4v) is 2.29. The highest BCUT2D eigenvalue weighted by atomic mass is 16.3. The van der Waals surface area contributed by atoms with E-state index < -0.39 is 0 Å². The number of amides is 1. The van der Waals surface area contributed by atoms with Crippen LogP contribution in [0.5, 0.6) is 0 Å². The number of anilines is 1. The Morgan fingerprint density at radius 3 is 2.92 bits per heavy atom. The molecule has 0 unspecified atom stereocenters. The van der Waals surface area contributed by atoms with Gasteiger partial charge in [0.1, 0.15) is 18.3 Å². The van der Waals surface area contributed by atoms with Crippen molar-refractivity contribution in [2.45, 2.75) is 0 Å². The first-order valence-corrected chi connectivity index (χ1v) is 7.16. The SMILES string of the molecule is O=C(Nc1ccccc1-n1cncn1)c1cc(-c2ccco2)[nH]n1. The minimum absolute atomic E-state index is 0.259. The van der Waals surface area contributed by atoms with Gasteiger partial charge < -0.3 is 9.73 Å². The zero-order chi connectivity index (χ0) is 16.4. The van der Waals surface area contributed by atoms with Crippen LogP contribution in [0.15, 0.2) is 65.8 Å². The van der Waals surface area contributed by atoms with Gasteiger partial charge in [-0.05, 0) is 24.3 Å². The summed E-state index contributed by atoms with van der Waals surface area (Å²) in [5, 5.41) is 13.7. The number of rotatable bonds is 4. The average molecular weight is 320 g/mol. The number of aromatic amines is 1. The molecule has 0 aliphatic heterocycles. The van der Waals surface area contributed by atoms with E-state index in [0.29, 0.717) is 22.8 Å². The minimum Gasteiger partial charge on any atom is -0.463 e. The normalized spacial score (nSPS) is 10.7. The van der Waals surface area contributed by atoms with Gasteiger partial charge in [-0.3, -0.25) is 9.89 Å². The topological polar surface area (TPSA) is 102 Å². The van der Waals surface area contributed by atoms with Crippen LogP contribution >= 0.6 is 0 Å². The fraction of sp³-hybridized carbons (Fsp3) is 0. The van der Waals surface area contributed by atoms with Gasteiger partial charge in [0, 0.05) is 6.07 Å². The van der Waals surface area contributed by atoms with Crippen LogP contribution in [0.25, 0.3) is 17.1 Å². The molecule has 0 saturated heterocycles. The number of nitrogens with zero attached hydrogens (tertiary/aromatic N) is 4. The van der Waals surface area contributed by atoms with E-state index in [1.807, 2.05) is 18.2 Å². The van der Waals surface area contributed by atoms with Gasteiger partial charge in [-0.1, -0.05) is 12.1 Å². The molecule has 1 aromatic carbocycles. The van der Waals surface area contributed by atoms with E-state index in [9.17, 15) is 4.79 Å². The van der Waals surface area contributed by atoms with Crippen LogP contribution in [0.2, 0.25) is 0 Å². The summed E-state index contributed by atoms with van der Waals surface area (Å²) in [7, 11) is 0. The number of furan rings is 1. The predicted molar refractivity (Wildman–Crippen MR) is 85.6 cm³/mol. The number of hydrogen-bond donors (Lipinski definition) is 2. The lowest BCUT2D eigenvalue weighted by Crippen LogP contribution is -2.14. The molecule has 0 aliphatic rings. The smallest absolute Gasteiger partial charge is 0.276 e. The van der Waals surface area contributed by atoms with Gasteiger partial charge >= 0.3 is 0 Å². The summed E-state index contributed by atoms with van der Waals surface area (Å²) in [5.74, 6) is 0.279. The maximum absolute atomic E-state index is 12.4. The molecule has 0 aliphatic carbocycles. The Balaban J connectivity index is 1.59. The maximum atomic E-state index is 12.4. The van der Waals surface area contributed by atoms with Gasteiger partial charge in [-0.25, -0.2) is 9.67 Å². The number of carbonyl (C=O) groups excluding carboxylic acids is 1. The zero-order valence-electron chi connectivity index (χ0n) is 12.4. The second kappa shape index (κ2) is 5.84. The molecule has 3 heterocycles. The first-order valence-electron chi connectivity index (χ1n) is 7.16. The van der Waals surface area contributed by atoms with Crippen LogP contribution in [0.4, 0.5) is 5.69 Å². The molecule has 8 nitrogen and oxygen atoms in total. The lowest BCUT2D eigenvalue weighted by Gasteiger charge is -2.09. The number of benzene rings is 1. The highest BCUT2D eigenvalue weighted by Crippen LogP contribution is 2.21. The first-order chi connectivity index (χ1) is 11.8. The summed E-state index contributed by atoms with van der Waals surface area (Å²) >= 11 is 0. The summed E-state index contributed by atoms with van der Waals surface area (Å²) in [4.78, 5) is 16.4. The third-order valence-corrected chi connectivity index (χ3v) is 3.41. The Kier molecular flexibility index (Phi) is 3.39. The Morgan fingerprint density at radius 2 is 2.12 bits per heavy atom. The molecule has 8 heteroatoms. The lowest BCUT2D eigenvalue weighted by molar-refractivity contribution is 0.102. The highest BCUT2D eigenvalue weighted by Gasteiger charge is 2.15. The quantitative estimate of drug-likeness (QED) is 0.601. The van der Waals surface area contributed by atoms with Gasteiger partial charge in [-0.15, -0.1) is 0 Å². The maximum Gasteiger partial charge on any atom is 0.276 e. The van der Waals surface area contributed by atoms with Crippen LogP contribution in [0.3, 0.4) is 0 Å². The predicted octanol–water partition coefficient (Wildman–Crippen LogP) is 2.50. The Hall–Kier alpha value is -3.68. The van der Waals surface area contributed by atoms with Crippen LogP contribution < -0.4 is 5.32 Å². The highest BCUT2D eigenvalue weighted by molar-refractivity contribution is 6.04. The Morgan fingerprint density at radius 1 is 1.21 bits per heavy atom. The molecule has 1 amide bonds. The summed E-state index contributed by atoms with van der Waals surface area (Å²) in [6, 6.07) is 12.5. The van der Waals surface area contributed by atoms with Gasteiger partial charge in [0.15, 0.2) is 11.5 Å². The van der Waals surface area contributed by atoms with E-state index in [1.165, 1.54) is 6.33 Å². The summed E-state index contributed by atoms with van der Waals surface area (Å²) in [5.41, 5.74) is 2.21. The minimum atomic E-state index is -0.336. The standard InChI is InChI=1S/C16H12N6O2/c23-16(13-8-12(20-21-13)15-6-3-7-24-15)19-11-4-1-2-5-14(11)22-10-17-9-18-22/h1-10H,(H,19,23)(H,20,21). The third kappa shape index (κ3) is 2.56. The van der Waals surface area contributed by atoms with E-state index in [-0.39, 0.29) is 11.6 Å². The summed E-state index contributed by atoms with van der Waals surface area (Å²) < 4.78 is 6.86. The third-order valence-electron chi connectivity index (χ3n) is 3.41. The number of para-hydroxylation sites is 2. The van der Waals surface area contributed by atoms with E-state index in [1.54, 1.807) is 41.5 Å². The van der Waals surface area contributed by atoms with Crippen LogP contribution in [0.1, 0.15) is 10.5 Å². The van der Waals surface area contributed by atoms with Crippen LogP contribution in [-0.2, 0) is 0 Å². The van der Waals surface area contributed by atoms with Crippen LogP contribution in [0, 0.1) is 0 Å². The van der Waals surface area contributed by atoms with Crippen molar-refractivity contribution in [3.8, 4) is 17.1 Å². The zero-order valence-corrected chi connectivity index (χ0v) is 12.4. The van der Waals surface area contributed by atoms with Gasteiger partial charge in [0.05, 0.1) is 17.6 Å². The van der Waals surface area contributed by atoms with Crippen molar-refractivity contribution in [2.75, 3.05) is 5.32 Å². The van der Waals surface area contributed by atoms with Gasteiger partial charge in [0.25, 0.3) is 5.91 Å². The molecule has 0 radical (unpaired) electrons. The molecule has 4 rings (SSSR count). The Bertz CT molecular complexity index is 956. The van der Waals surface area contributed by atoms with Crippen molar-refractivity contribution in [3.05, 3.63) is 67.1 Å². The van der Waals surface area contributed by atoms with E-state index in [0.717, 1.165) is 0 Å². The number of H-pyrrole nitrogens is 1. The second-order valence-electron chi connectivity index (χ2n) is 4.96. The van der Waals surface area contributed by atoms with Gasteiger partial charge in [-0.2, -0.15) is 10.2 Å². The Labute approximate surface area is 136 Å². The lowest BCUT2D eigenvalue weighted by atomic mass is 10.2. The van der Waals surface area contributed by atoms with Crippen molar-refractivity contribution in [2.24, 2.45) is 0 Å². The average Bonchev–Trinajstić information content (AvgIpc) is 3.35. The molecule has 4 aromatic rings. The molecule has 0 bridgehead atoms. The van der Waals surface area contributed by atoms with Crippen molar-refractivity contribution >= 4 is 11.6 Å². The van der Waals surface area contributed by atoms with Crippen LogP contribution in [-0.4, -0.2) is 30.9 Å². The monoisotopic (exact) mass is 320 g/mol. The summed E-state index contributed by atoms with van der Waals surface area (Å²) in [6.07, 6.45) is 4.56. The van der Waals surface area contributed by atoms with Crippen molar-refractivity contribution in [3.63, 3.8) is 0 Å². The molecule has 0 spiro atoms. The first kappa shape index (κ1) is 13.9. The van der Waals surface area contributed by atoms with E-state index in [4.69, 9.17) is 4.42 Å². The molecule has 24 heavy (non-hydrogen) atoms. The molecule has 0 fully saturated rings. The van der Waals surface area contributed by atoms with Crippen molar-refractivity contribution in [1.82, 2.24) is 25.0 Å². The molecular weight excluding hydrogens is 308 g/mol. The number of nitrogens with one attached hydrogen (secondary N) is 2. The second-order valence-corrected chi connectivity index (χ2v) is 4.96. The fourth-order valence-electron chi connectivity index (χ4n) is 2.29. The molecule has 0 saturated carbocycles. The van der Waals surface area contributed by atoms with E-state index >= 15 is 0 Å². The number of carbonyl (C=O) groups is 1. The van der Waals surface area contributed by atoms with Gasteiger partial charge in [0.2, 0.25) is 0 Å². The van der Waals surface area contributed by atoms with E-state index in [2.05, 4.69) is 25.6 Å². The number of aromatic nitrogens is 5. The molecule has 0 atom stereocenters. The van der Waals surface area contributed by atoms with Crippen molar-refractivity contribution < 1.29 is 9.21 Å². The van der Waals surface area contributed by atoms with Crippen molar-refractivity contribution in [1.29, 1.82) is 0 Å². The number of hydrogen-bond acceptors (Lipinski definition) is 5. The molecule has 118 valence electrons. The molecular formula is C16H12N6O2. The summed E-state index contributed by atoms with van der Waals surface area (Å²) in [6.45, 7) is 0.